The van der Waals surface area contributed by atoms with E-state index in [4.69, 9.17) is 10.7 Å². The van der Waals surface area contributed by atoms with E-state index in [-0.39, 0.29) is 6.04 Å². The van der Waals surface area contributed by atoms with Crippen molar-refractivity contribution in [2.45, 2.75) is 64.8 Å². The first-order valence-electron chi connectivity index (χ1n) is 7.76. The molecule has 0 saturated heterocycles. The highest BCUT2D eigenvalue weighted by atomic mass is 32.1. The summed E-state index contributed by atoms with van der Waals surface area (Å²) in [6, 6.07) is 0.174. The van der Waals surface area contributed by atoms with Gasteiger partial charge in [0, 0.05) is 24.0 Å². The van der Waals surface area contributed by atoms with Gasteiger partial charge in [-0.05, 0) is 32.1 Å². The maximum atomic E-state index is 6.19. The fourth-order valence-corrected chi connectivity index (χ4v) is 3.80. The van der Waals surface area contributed by atoms with Crippen LogP contribution in [0.1, 0.15) is 69.0 Å². The number of nitrogens with two attached hydrogens (primary N) is 1. The minimum atomic E-state index is 0.174. The van der Waals surface area contributed by atoms with E-state index in [9.17, 15) is 0 Å². The van der Waals surface area contributed by atoms with E-state index in [1.165, 1.54) is 54.2 Å². The molecule has 0 saturated carbocycles. The number of rotatable bonds is 7. The first-order chi connectivity index (χ1) is 9.26. The highest BCUT2D eigenvalue weighted by Crippen LogP contribution is 2.35. The Hall–Kier alpha value is -0.610. The number of fused-ring (bicyclic) bond motifs is 1. The molecule has 0 bridgehead atoms. The maximum Gasteiger partial charge on any atom is 0.185 e. The Morgan fingerprint density at radius 2 is 1.95 bits per heavy atom. The molecular formula is C15H27N3S. The lowest BCUT2D eigenvalue weighted by Gasteiger charge is -2.21. The van der Waals surface area contributed by atoms with Gasteiger partial charge in [0.25, 0.3) is 0 Å². The topological polar surface area (TPSA) is 42.2 Å². The van der Waals surface area contributed by atoms with Crippen molar-refractivity contribution in [3.63, 3.8) is 0 Å². The summed E-state index contributed by atoms with van der Waals surface area (Å²) in [5.74, 6) is 0. The first-order valence-corrected chi connectivity index (χ1v) is 8.58. The average molecular weight is 281 g/mol. The highest BCUT2D eigenvalue weighted by molar-refractivity contribution is 7.15. The van der Waals surface area contributed by atoms with Crippen molar-refractivity contribution in [3.8, 4) is 0 Å². The Balaban J connectivity index is 2.11. The monoisotopic (exact) mass is 281 g/mol. The number of aromatic nitrogens is 1. The molecule has 0 aromatic carbocycles. The third-order valence-electron chi connectivity index (χ3n) is 3.82. The van der Waals surface area contributed by atoms with Gasteiger partial charge in [-0.2, -0.15) is 0 Å². The van der Waals surface area contributed by atoms with E-state index in [2.05, 4.69) is 18.7 Å². The van der Waals surface area contributed by atoms with Crippen LogP contribution < -0.4 is 10.6 Å². The van der Waals surface area contributed by atoms with Gasteiger partial charge in [0.2, 0.25) is 0 Å². The summed E-state index contributed by atoms with van der Waals surface area (Å²) in [7, 11) is 0. The summed E-state index contributed by atoms with van der Waals surface area (Å²) in [6.07, 6.45) is 8.48. The maximum absolute atomic E-state index is 6.19. The van der Waals surface area contributed by atoms with E-state index >= 15 is 0 Å². The number of unbranched alkanes of at least 4 members (excludes halogenated alkanes) is 2. The van der Waals surface area contributed by atoms with E-state index in [1.54, 1.807) is 0 Å². The van der Waals surface area contributed by atoms with E-state index < -0.39 is 0 Å². The molecule has 4 heteroatoms. The fourth-order valence-electron chi connectivity index (χ4n) is 2.58. The van der Waals surface area contributed by atoms with Crippen LogP contribution in [0, 0.1) is 0 Å². The normalized spacial score (nSPS) is 18.4. The smallest absolute Gasteiger partial charge is 0.185 e. The molecule has 1 aliphatic rings. The van der Waals surface area contributed by atoms with Crippen LogP contribution in [0.15, 0.2) is 0 Å². The van der Waals surface area contributed by atoms with Gasteiger partial charge in [-0.25, -0.2) is 4.98 Å². The second kappa shape index (κ2) is 7.25. The van der Waals surface area contributed by atoms with Crippen molar-refractivity contribution in [3.05, 3.63) is 10.6 Å². The average Bonchev–Trinajstić information content (AvgIpc) is 2.84. The molecule has 108 valence electrons. The van der Waals surface area contributed by atoms with Crippen molar-refractivity contribution in [1.82, 2.24) is 4.98 Å². The first kappa shape index (κ1) is 14.8. The summed E-state index contributed by atoms with van der Waals surface area (Å²) in [6.45, 7) is 6.78. The van der Waals surface area contributed by atoms with Gasteiger partial charge in [0.05, 0.1) is 5.69 Å². The van der Waals surface area contributed by atoms with Crippen molar-refractivity contribution >= 4 is 16.5 Å². The Kier molecular flexibility index (Phi) is 5.64. The zero-order valence-electron chi connectivity index (χ0n) is 12.3. The molecular weight excluding hydrogens is 254 g/mol. The number of aryl methyl sites for hydroxylation is 1. The van der Waals surface area contributed by atoms with Crippen LogP contribution in [-0.4, -0.2) is 18.1 Å². The molecule has 2 N–H and O–H groups in total. The standard InChI is InChI=1S/C15H27N3S/c1-3-5-10-18(11-6-4-2)15-17-14-12(16)8-7-9-13(14)19-15/h12H,3-11,16H2,1-2H3. The third kappa shape index (κ3) is 3.69. The van der Waals surface area contributed by atoms with Crippen molar-refractivity contribution in [2.24, 2.45) is 5.73 Å². The molecule has 0 aliphatic heterocycles. The lowest BCUT2D eigenvalue weighted by atomic mass is 9.99. The van der Waals surface area contributed by atoms with Crippen LogP contribution in [0.25, 0.3) is 0 Å². The molecule has 0 spiro atoms. The van der Waals surface area contributed by atoms with E-state index in [0.717, 1.165) is 19.5 Å². The van der Waals surface area contributed by atoms with Crippen molar-refractivity contribution < 1.29 is 0 Å². The van der Waals surface area contributed by atoms with Crippen molar-refractivity contribution in [2.75, 3.05) is 18.0 Å². The van der Waals surface area contributed by atoms with Gasteiger partial charge in [-0.15, -0.1) is 11.3 Å². The number of thiazole rings is 1. The lowest BCUT2D eigenvalue weighted by Crippen LogP contribution is -2.25. The summed E-state index contributed by atoms with van der Waals surface area (Å²) in [5, 5.41) is 1.21. The number of hydrogen-bond acceptors (Lipinski definition) is 4. The Labute approximate surface area is 121 Å². The SMILES string of the molecule is CCCCN(CCCC)c1nc2c(s1)CCCC2N. The van der Waals surface area contributed by atoms with Crippen LogP contribution in [0.3, 0.4) is 0 Å². The molecule has 0 amide bonds. The summed E-state index contributed by atoms with van der Waals surface area (Å²) >= 11 is 1.88. The molecule has 1 atom stereocenters. The van der Waals surface area contributed by atoms with Gasteiger partial charge >= 0.3 is 0 Å². The molecule has 1 aliphatic carbocycles. The predicted octanol–water partition coefficient (Wildman–Crippen LogP) is 3.89. The Morgan fingerprint density at radius 1 is 1.26 bits per heavy atom. The number of anilines is 1. The highest BCUT2D eigenvalue weighted by Gasteiger charge is 2.23. The van der Waals surface area contributed by atoms with Crippen LogP contribution in [0.2, 0.25) is 0 Å². The summed E-state index contributed by atoms with van der Waals surface area (Å²) in [4.78, 5) is 8.77. The van der Waals surface area contributed by atoms with Crippen molar-refractivity contribution in [1.29, 1.82) is 0 Å². The summed E-state index contributed by atoms with van der Waals surface area (Å²) in [5.41, 5.74) is 7.37. The molecule has 0 radical (unpaired) electrons. The number of nitrogens with zero attached hydrogens (tertiary/aromatic N) is 2. The second-order valence-corrected chi connectivity index (χ2v) is 6.56. The molecule has 2 rings (SSSR count). The van der Waals surface area contributed by atoms with Gasteiger partial charge in [-0.1, -0.05) is 26.7 Å². The Bertz CT molecular complexity index is 381. The zero-order valence-corrected chi connectivity index (χ0v) is 13.1. The van der Waals surface area contributed by atoms with E-state index in [1.807, 2.05) is 11.3 Å². The zero-order chi connectivity index (χ0) is 13.7. The van der Waals surface area contributed by atoms with Gasteiger partial charge in [-0.3, -0.25) is 0 Å². The quantitative estimate of drug-likeness (QED) is 0.824. The number of hydrogen-bond donors (Lipinski definition) is 1. The fraction of sp³-hybridized carbons (Fsp3) is 0.800. The Morgan fingerprint density at radius 3 is 2.53 bits per heavy atom. The predicted molar refractivity (Wildman–Crippen MR) is 84.0 cm³/mol. The molecule has 19 heavy (non-hydrogen) atoms. The molecule has 1 aromatic heterocycles. The largest absolute Gasteiger partial charge is 0.348 e. The molecule has 1 aromatic rings. The minimum Gasteiger partial charge on any atom is -0.348 e. The molecule has 3 nitrogen and oxygen atoms in total. The molecule has 0 fully saturated rings. The van der Waals surface area contributed by atoms with Gasteiger partial charge in [0.1, 0.15) is 0 Å². The lowest BCUT2D eigenvalue weighted by molar-refractivity contribution is 0.562. The van der Waals surface area contributed by atoms with Crippen LogP contribution >= 0.6 is 11.3 Å². The van der Waals surface area contributed by atoms with Crippen LogP contribution in [0.4, 0.5) is 5.13 Å². The van der Waals surface area contributed by atoms with Gasteiger partial charge < -0.3 is 10.6 Å². The second-order valence-electron chi connectivity index (χ2n) is 5.50. The van der Waals surface area contributed by atoms with Crippen LogP contribution in [0.5, 0.6) is 0 Å². The van der Waals surface area contributed by atoms with Crippen LogP contribution in [-0.2, 0) is 6.42 Å². The van der Waals surface area contributed by atoms with Gasteiger partial charge in [0.15, 0.2) is 5.13 Å². The molecule has 1 heterocycles. The molecule has 1 unspecified atom stereocenters. The minimum absolute atomic E-state index is 0.174. The van der Waals surface area contributed by atoms with E-state index in [0.29, 0.717) is 0 Å². The summed E-state index contributed by atoms with van der Waals surface area (Å²) < 4.78 is 0. The third-order valence-corrected chi connectivity index (χ3v) is 5.01.